The number of benzene rings is 1. The molecular weight excluding hydrogens is 277 g/mol. The zero-order chi connectivity index (χ0) is 16.0. The van der Waals surface area contributed by atoms with Gasteiger partial charge in [0.15, 0.2) is 0 Å². The van der Waals surface area contributed by atoms with Crippen molar-refractivity contribution in [2.24, 2.45) is 0 Å². The highest BCUT2D eigenvalue weighted by Crippen LogP contribution is 2.20. The maximum Gasteiger partial charge on any atom is 0.270 e. The molecule has 0 fully saturated rings. The lowest BCUT2D eigenvalue weighted by Gasteiger charge is -2.10. The van der Waals surface area contributed by atoms with E-state index >= 15 is 0 Å². The topological polar surface area (TPSA) is 75.5 Å². The lowest BCUT2D eigenvalue weighted by Crippen LogP contribution is -2.26. The van der Waals surface area contributed by atoms with Gasteiger partial charge in [0.05, 0.1) is 10.5 Å². The Morgan fingerprint density at radius 1 is 1.38 bits per heavy atom. The number of amides is 1. The van der Waals surface area contributed by atoms with Gasteiger partial charge in [0, 0.05) is 18.7 Å². The Labute approximate surface area is 123 Å². The SMILES string of the molecule is Cc1cc([N+](=O)[O-])cc(C(=O)NCCCCN(C)C)c1F. The molecule has 0 aromatic heterocycles. The van der Waals surface area contributed by atoms with Crippen LogP contribution in [0.2, 0.25) is 0 Å². The standard InChI is InChI=1S/C14H20FN3O3/c1-10-8-11(18(20)21)9-12(13(10)15)14(19)16-6-4-5-7-17(2)3/h8-9H,4-7H2,1-3H3,(H,16,19). The molecule has 0 aliphatic carbocycles. The average molecular weight is 297 g/mol. The van der Waals surface area contributed by atoms with E-state index in [-0.39, 0.29) is 16.8 Å². The molecule has 0 bridgehead atoms. The van der Waals surface area contributed by atoms with Crippen LogP contribution in [0, 0.1) is 22.9 Å². The summed E-state index contributed by atoms with van der Waals surface area (Å²) in [7, 11) is 3.92. The summed E-state index contributed by atoms with van der Waals surface area (Å²) >= 11 is 0. The molecule has 0 aliphatic heterocycles. The van der Waals surface area contributed by atoms with Crippen LogP contribution in [0.3, 0.4) is 0 Å². The van der Waals surface area contributed by atoms with Gasteiger partial charge < -0.3 is 10.2 Å². The molecule has 21 heavy (non-hydrogen) atoms. The van der Waals surface area contributed by atoms with E-state index in [1.807, 2.05) is 19.0 Å². The van der Waals surface area contributed by atoms with Crippen LogP contribution in [0.25, 0.3) is 0 Å². The summed E-state index contributed by atoms with van der Waals surface area (Å²) in [6, 6.07) is 2.08. The van der Waals surface area contributed by atoms with Gasteiger partial charge >= 0.3 is 0 Å². The van der Waals surface area contributed by atoms with E-state index in [2.05, 4.69) is 5.32 Å². The first-order chi connectivity index (χ1) is 9.82. The van der Waals surface area contributed by atoms with Gasteiger partial charge in [0.2, 0.25) is 0 Å². The Balaban J connectivity index is 2.67. The summed E-state index contributed by atoms with van der Waals surface area (Å²) in [5.74, 6) is -1.34. The number of hydrogen-bond donors (Lipinski definition) is 1. The lowest BCUT2D eigenvalue weighted by atomic mass is 10.1. The minimum absolute atomic E-state index is 0.0851. The van der Waals surface area contributed by atoms with Crippen molar-refractivity contribution in [3.05, 3.63) is 39.2 Å². The zero-order valence-corrected chi connectivity index (χ0v) is 12.5. The Morgan fingerprint density at radius 3 is 2.62 bits per heavy atom. The number of unbranched alkanes of at least 4 members (excludes halogenated alkanes) is 1. The van der Waals surface area contributed by atoms with Gasteiger partial charge in [-0.2, -0.15) is 0 Å². The summed E-state index contributed by atoms with van der Waals surface area (Å²) in [6.45, 7) is 2.71. The molecule has 0 spiro atoms. The second kappa shape index (κ2) is 7.68. The Hall–Kier alpha value is -2.02. The summed E-state index contributed by atoms with van der Waals surface area (Å²) in [6.07, 6.45) is 1.67. The average Bonchev–Trinajstić information content (AvgIpc) is 2.40. The lowest BCUT2D eigenvalue weighted by molar-refractivity contribution is -0.385. The Bertz CT molecular complexity index is 532. The van der Waals surface area contributed by atoms with E-state index in [0.29, 0.717) is 6.54 Å². The summed E-state index contributed by atoms with van der Waals surface area (Å²) < 4.78 is 13.9. The van der Waals surface area contributed by atoms with Crippen molar-refractivity contribution in [1.82, 2.24) is 10.2 Å². The van der Waals surface area contributed by atoms with Gasteiger partial charge in [0.25, 0.3) is 11.6 Å². The van der Waals surface area contributed by atoms with Crippen molar-refractivity contribution in [3.8, 4) is 0 Å². The molecule has 116 valence electrons. The molecule has 0 saturated carbocycles. The Morgan fingerprint density at radius 2 is 2.05 bits per heavy atom. The molecule has 1 aromatic carbocycles. The molecule has 0 radical (unpaired) electrons. The van der Waals surface area contributed by atoms with Crippen LogP contribution in [0.15, 0.2) is 12.1 Å². The summed E-state index contributed by atoms with van der Waals surface area (Å²) in [5, 5.41) is 13.3. The maximum absolute atomic E-state index is 13.9. The van der Waals surface area contributed by atoms with Crippen LogP contribution in [0.5, 0.6) is 0 Å². The largest absolute Gasteiger partial charge is 0.352 e. The molecule has 1 amide bonds. The van der Waals surface area contributed by atoms with Crippen molar-refractivity contribution in [1.29, 1.82) is 0 Å². The van der Waals surface area contributed by atoms with Crippen LogP contribution in [-0.2, 0) is 0 Å². The van der Waals surface area contributed by atoms with E-state index in [1.54, 1.807) is 0 Å². The molecule has 0 aliphatic rings. The number of nitro groups is 1. The van der Waals surface area contributed by atoms with Crippen LogP contribution in [-0.4, -0.2) is 42.9 Å². The highest BCUT2D eigenvalue weighted by Gasteiger charge is 2.19. The molecule has 0 saturated heterocycles. The van der Waals surface area contributed by atoms with Crippen LogP contribution in [0.4, 0.5) is 10.1 Å². The molecule has 1 N–H and O–H groups in total. The number of hydrogen-bond acceptors (Lipinski definition) is 4. The molecule has 6 nitrogen and oxygen atoms in total. The molecule has 0 atom stereocenters. The quantitative estimate of drug-likeness (QED) is 0.475. The van der Waals surface area contributed by atoms with Gasteiger partial charge in [-0.15, -0.1) is 0 Å². The van der Waals surface area contributed by atoms with Crippen molar-refractivity contribution in [3.63, 3.8) is 0 Å². The van der Waals surface area contributed by atoms with Gasteiger partial charge in [-0.1, -0.05) is 0 Å². The monoisotopic (exact) mass is 297 g/mol. The predicted octanol–water partition coefficient (Wildman–Crippen LogP) is 2.11. The summed E-state index contributed by atoms with van der Waals surface area (Å²) in [5.41, 5.74) is -0.483. The van der Waals surface area contributed by atoms with Gasteiger partial charge in [-0.05, 0) is 46.0 Å². The first-order valence-electron chi connectivity index (χ1n) is 6.70. The first-order valence-corrected chi connectivity index (χ1v) is 6.70. The van der Waals surface area contributed by atoms with E-state index in [1.165, 1.54) is 6.92 Å². The number of nitro benzene ring substituents is 1. The first kappa shape index (κ1) is 17.0. The molecule has 7 heteroatoms. The number of nitrogens with one attached hydrogen (secondary N) is 1. The number of non-ortho nitro benzene ring substituents is 1. The van der Waals surface area contributed by atoms with Crippen molar-refractivity contribution in [2.45, 2.75) is 19.8 Å². The van der Waals surface area contributed by atoms with Crippen molar-refractivity contribution < 1.29 is 14.1 Å². The van der Waals surface area contributed by atoms with Gasteiger partial charge in [-0.3, -0.25) is 14.9 Å². The van der Waals surface area contributed by atoms with Crippen molar-refractivity contribution in [2.75, 3.05) is 27.2 Å². The molecule has 1 rings (SSSR count). The normalized spacial score (nSPS) is 10.7. The summed E-state index contributed by atoms with van der Waals surface area (Å²) in [4.78, 5) is 24.0. The third-order valence-corrected chi connectivity index (χ3v) is 3.01. The highest BCUT2D eigenvalue weighted by atomic mass is 19.1. The number of aryl methyl sites for hydroxylation is 1. The van der Waals surface area contributed by atoms with E-state index in [4.69, 9.17) is 0 Å². The highest BCUT2D eigenvalue weighted by molar-refractivity contribution is 5.95. The zero-order valence-electron chi connectivity index (χ0n) is 12.5. The Kier molecular flexibility index (Phi) is 6.23. The molecule has 1 aromatic rings. The third-order valence-electron chi connectivity index (χ3n) is 3.01. The smallest absolute Gasteiger partial charge is 0.270 e. The predicted molar refractivity (Wildman–Crippen MR) is 77.9 cm³/mol. The van der Waals surface area contributed by atoms with Gasteiger partial charge in [-0.25, -0.2) is 4.39 Å². The van der Waals surface area contributed by atoms with Crippen LogP contribution < -0.4 is 5.32 Å². The van der Waals surface area contributed by atoms with Crippen molar-refractivity contribution >= 4 is 11.6 Å². The fourth-order valence-corrected chi connectivity index (χ4v) is 1.87. The number of carbonyl (C=O) groups is 1. The minimum atomic E-state index is -0.716. The van der Waals surface area contributed by atoms with Gasteiger partial charge in [0.1, 0.15) is 5.82 Å². The minimum Gasteiger partial charge on any atom is -0.352 e. The van der Waals surface area contributed by atoms with E-state index in [9.17, 15) is 19.3 Å². The molecular formula is C14H20FN3O3. The number of carbonyl (C=O) groups excluding carboxylic acids is 1. The number of halogens is 1. The second-order valence-electron chi connectivity index (χ2n) is 5.15. The van der Waals surface area contributed by atoms with E-state index in [0.717, 1.165) is 31.5 Å². The third kappa shape index (κ3) is 5.11. The maximum atomic E-state index is 13.9. The van der Waals surface area contributed by atoms with E-state index < -0.39 is 16.6 Å². The number of rotatable bonds is 7. The number of nitrogens with zero attached hydrogens (tertiary/aromatic N) is 2. The fraction of sp³-hybridized carbons (Fsp3) is 0.500. The second-order valence-corrected chi connectivity index (χ2v) is 5.15. The van der Waals surface area contributed by atoms with Crippen LogP contribution >= 0.6 is 0 Å². The molecule has 0 heterocycles. The fourth-order valence-electron chi connectivity index (χ4n) is 1.87. The van der Waals surface area contributed by atoms with Crippen LogP contribution in [0.1, 0.15) is 28.8 Å². The molecule has 0 unspecified atom stereocenters.